The molecule has 4 rings (SSSR count). The van der Waals surface area contributed by atoms with Crippen molar-refractivity contribution in [2.24, 2.45) is 0 Å². The quantitative estimate of drug-likeness (QED) is 0.821. The second-order valence-corrected chi connectivity index (χ2v) is 6.89. The second kappa shape index (κ2) is 7.50. The first kappa shape index (κ1) is 17.1. The topological polar surface area (TPSA) is 50.7 Å². The van der Waals surface area contributed by atoms with Crippen molar-refractivity contribution in [2.75, 3.05) is 45.3 Å². The highest BCUT2D eigenvalue weighted by Gasteiger charge is 2.25. The molecule has 1 aromatic heterocycles. The molecule has 6 heteroatoms. The maximum absolute atomic E-state index is 5.57. The molecule has 1 aliphatic carbocycles. The summed E-state index contributed by atoms with van der Waals surface area (Å²) in [6.07, 6.45) is 5.15. The number of methoxy groups -OCH3 is 2. The molecule has 1 fully saturated rings. The van der Waals surface area contributed by atoms with Gasteiger partial charge in [0.15, 0.2) is 11.5 Å². The predicted molar refractivity (Wildman–Crippen MR) is 101 cm³/mol. The van der Waals surface area contributed by atoms with Crippen LogP contribution >= 0.6 is 0 Å². The van der Waals surface area contributed by atoms with Crippen LogP contribution in [-0.4, -0.2) is 55.3 Å². The lowest BCUT2D eigenvalue weighted by Crippen LogP contribution is -2.46. The third-order valence-corrected chi connectivity index (χ3v) is 5.40. The number of hydrogen-bond donors (Lipinski definition) is 0. The fraction of sp³-hybridized carbons (Fsp3) is 0.500. The van der Waals surface area contributed by atoms with Crippen molar-refractivity contribution in [3.05, 3.63) is 41.3 Å². The Kier molecular flexibility index (Phi) is 4.93. The third-order valence-electron chi connectivity index (χ3n) is 5.40. The standard InChI is InChI=1S/C20H26N4O2/c1-25-18-8-3-5-15(19(18)26-2)13-23-9-11-24(12-10-23)20-16-6-4-7-17(16)21-14-22-20/h3,5,8,14H,4,6-7,9-13H2,1-2H3. The SMILES string of the molecule is COc1cccc(CN2CCN(c3ncnc4c3CCC4)CC2)c1OC. The van der Waals surface area contributed by atoms with E-state index < -0.39 is 0 Å². The fourth-order valence-electron chi connectivity index (χ4n) is 4.05. The van der Waals surface area contributed by atoms with Gasteiger partial charge >= 0.3 is 0 Å². The summed E-state index contributed by atoms with van der Waals surface area (Å²) in [5, 5.41) is 0. The van der Waals surface area contributed by atoms with Crippen LogP contribution in [-0.2, 0) is 19.4 Å². The van der Waals surface area contributed by atoms with E-state index in [2.05, 4.69) is 25.8 Å². The highest BCUT2D eigenvalue weighted by atomic mass is 16.5. The zero-order chi connectivity index (χ0) is 17.9. The van der Waals surface area contributed by atoms with Gasteiger partial charge < -0.3 is 14.4 Å². The molecule has 2 aromatic rings. The molecule has 0 saturated carbocycles. The van der Waals surface area contributed by atoms with E-state index in [9.17, 15) is 0 Å². The lowest BCUT2D eigenvalue weighted by Gasteiger charge is -2.36. The molecule has 6 nitrogen and oxygen atoms in total. The first-order chi connectivity index (χ1) is 12.8. The van der Waals surface area contributed by atoms with Crippen LogP contribution in [0.25, 0.3) is 0 Å². The van der Waals surface area contributed by atoms with Gasteiger partial charge in [-0.25, -0.2) is 9.97 Å². The summed E-state index contributed by atoms with van der Waals surface area (Å²) in [5.74, 6) is 2.79. The number of para-hydroxylation sites is 1. The number of aromatic nitrogens is 2. The van der Waals surface area contributed by atoms with Crippen LogP contribution in [0.4, 0.5) is 5.82 Å². The second-order valence-electron chi connectivity index (χ2n) is 6.89. The summed E-state index contributed by atoms with van der Waals surface area (Å²) in [7, 11) is 3.38. The van der Waals surface area contributed by atoms with E-state index in [1.165, 1.54) is 23.2 Å². The van der Waals surface area contributed by atoms with Crippen LogP contribution in [0.15, 0.2) is 24.5 Å². The van der Waals surface area contributed by atoms with Gasteiger partial charge in [0.1, 0.15) is 12.1 Å². The number of nitrogens with zero attached hydrogens (tertiary/aromatic N) is 4. The molecule has 1 aromatic carbocycles. The van der Waals surface area contributed by atoms with E-state index in [1.807, 2.05) is 12.1 Å². The van der Waals surface area contributed by atoms with Gasteiger partial charge in [-0.1, -0.05) is 12.1 Å². The Morgan fingerprint density at radius 1 is 1.00 bits per heavy atom. The molecule has 138 valence electrons. The van der Waals surface area contributed by atoms with Crippen LogP contribution in [0.5, 0.6) is 11.5 Å². The first-order valence-corrected chi connectivity index (χ1v) is 9.30. The van der Waals surface area contributed by atoms with Crippen LogP contribution in [0.1, 0.15) is 23.2 Å². The van der Waals surface area contributed by atoms with Crippen LogP contribution in [0.2, 0.25) is 0 Å². The highest BCUT2D eigenvalue weighted by Crippen LogP contribution is 2.32. The summed E-state index contributed by atoms with van der Waals surface area (Å²) in [6, 6.07) is 6.08. The maximum atomic E-state index is 5.57. The molecule has 0 amide bonds. The van der Waals surface area contributed by atoms with E-state index in [1.54, 1.807) is 20.5 Å². The van der Waals surface area contributed by atoms with E-state index in [-0.39, 0.29) is 0 Å². The third kappa shape index (κ3) is 3.21. The number of ether oxygens (including phenoxy) is 2. The van der Waals surface area contributed by atoms with E-state index in [4.69, 9.17) is 9.47 Å². The summed E-state index contributed by atoms with van der Waals surface area (Å²) in [6.45, 7) is 4.89. The number of piperazine rings is 1. The van der Waals surface area contributed by atoms with Crippen molar-refractivity contribution in [2.45, 2.75) is 25.8 Å². The molecule has 1 saturated heterocycles. The Labute approximate surface area is 154 Å². The molecular formula is C20H26N4O2. The van der Waals surface area contributed by atoms with Crippen LogP contribution < -0.4 is 14.4 Å². The zero-order valence-corrected chi connectivity index (χ0v) is 15.6. The molecule has 26 heavy (non-hydrogen) atoms. The summed E-state index contributed by atoms with van der Waals surface area (Å²) >= 11 is 0. The number of anilines is 1. The average Bonchev–Trinajstić information content (AvgIpc) is 3.17. The Bertz CT molecular complexity index is 772. The molecule has 0 atom stereocenters. The normalized spacial score (nSPS) is 17.2. The predicted octanol–water partition coefficient (Wildman–Crippen LogP) is 2.30. The van der Waals surface area contributed by atoms with E-state index in [0.29, 0.717) is 0 Å². The number of aryl methyl sites for hydroxylation is 1. The largest absolute Gasteiger partial charge is 0.493 e. The molecule has 2 heterocycles. The number of rotatable bonds is 5. The monoisotopic (exact) mass is 354 g/mol. The Balaban J connectivity index is 1.43. The van der Waals surface area contributed by atoms with Crippen molar-refractivity contribution in [1.29, 1.82) is 0 Å². The van der Waals surface area contributed by atoms with E-state index >= 15 is 0 Å². The van der Waals surface area contributed by atoms with Crippen molar-refractivity contribution in [3.8, 4) is 11.5 Å². The molecule has 1 aliphatic heterocycles. The van der Waals surface area contributed by atoms with Gasteiger partial charge in [-0.05, 0) is 25.3 Å². The zero-order valence-electron chi connectivity index (χ0n) is 15.6. The van der Waals surface area contributed by atoms with Gasteiger partial charge in [0.2, 0.25) is 0 Å². The minimum Gasteiger partial charge on any atom is -0.493 e. The highest BCUT2D eigenvalue weighted by molar-refractivity contribution is 5.51. The first-order valence-electron chi connectivity index (χ1n) is 9.30. The average molecular weight is 354 g/mol. The smallest absolute Gasteiger partial charge is 0.165 e. The Morgan fingerprint density at radius 3 is 2.62 bits per heavy atom. The van der Waals surface area contributed by atoms with Gasteiger partial charge in [-0.2, -0.15) is 0 Å². The molecule has 0 N–H and O–H groups in total. The summed E-state index contributed by atoms with van der Waals surface area (Å²) < 4.78 is 11.0. The van der Waals surface area contributed by atoms with Crippen molar-refractivity contribution >= 4 is 5.82 Å². The van der Waals surface area contributed by atoms with Gasteiger partial charge in [0.25, 0.3) is 0 Å². The molecule has 0 bridgehead atoms. The van der Waals surface area contributed by atoms with Gasteiger partial charge in [0, 0.05) is 49.5 Å². The van der Waals surface area contributed by atoms with Crippen molar-refractivity contribution in [3.63, 3.8) is 0 Å². The minimum atomic E-state index is 0.792. The lowest BCUT2D eigenvalue weighted by molar-refractivity contribution is 0.244. The summed E-state index contributed by atoms with van der Waals surface area (Å²) in [4.78, 5) is 13.9. The minimum absolute atomic E-state index is 0.792. The number of hydrogen-bond acceptors (Lipinski definition) is 6. The fourth-order valence-corrected chi connectivity index (χ4v) is 4.05. The van der Waals surface area contributed by atoms with E-state index in [0.717, 1.165) is 62.9 Å². The van der Waals surface area contributed by atoms with Gasteiger partial charge in [0.05, 0.1) is 14.2 Å². The molecular weight excluding hydrogens is 328 g/mol. The number of benzene rings is 1. The molecule has 0 spiro atoms. The van der Waals surface area contributed by atoms with Gasteiger partial charge in [-0.15, -0.1) is 0 Å². The van der Waals surface area contributed by atoms with Crippen LogP contribution in [0.3, 0.4) is 0 Å². The molecule has 0 radical (unpaired) electrons. The van der Waals surface area contributed by atoms with Crippen LogP contribution in [0, 0.1) is 0 Å². The van der Waals surface area contributed by atoms with Gasteiger partial charge in [-0.3, -0.25) is 4.90 Å². The summed E-state index contributed by atoms with van der Waals surface area (Å²) in [5.41, 5.74) is 3.79. The Morgan fingerprint density at radius 2 is 1.85 bits per heavy atom. The number of fused-ring (bicyclic) bond motifs is 1. The molecule has 0 unspecified atom stereocenters. The van der Waals surface area contributed by atoms with Crippen molar-refractivity contribution < 1.29 is 9.47 Å². The molecule has 2 aliphatic rings. The lowest BCUT2D eigenvalue weighted by atomic mass is 10.1. The maximum Gasteiger partial charge on any atom is 0.165 e. The van der Waals surface area contributed by atoms with Crippen molar-refractivity contribution in [1.82, 2.24) is 14.9 Å². The Hall–Kier alpha value is -2.34.